The van der Waals surface area contributed by atoms with Gasteiger partial charge in [0, 0.05) is 12.2 Å². The third-order valence-corrected chi connectivity index (χ3v) is 8.21. The Morgan fingerprint density at radius 3 is 1.29 bits per heavy atom. The summed E-state index contributed by atoms with van der Waals surface area (Å²) in [5, 5.41) is 9.79. The first-order valence-corrected chi connectivity index (χ1v) is 18.6. The zero-order valence-electron chi connectivity index (χ0n) is 31.2. The number of benzene rings is 3. The van der Waals surface area contributed by atoms with Gasteiger partial charge in [-0.1, -0.05) is 64.5 Å². The van der Waals surface area contributed by atoms with Crippen molar-refractivity contribution in [3.63, 3.8) is 0 Å². The first-order valence-electron chi connectivity index (χ1n) is 18.6. The predicted molar refractivity (Wildman–Crippen MR) is 205 cm³/mol. The van der Waals surface area contributed by atoms with E-state index in [9.17, 15) is 29.1 Å². The Labute approximate surface area is 322 Å². The number of aromatic carboxylic acids is 1. The molecule has 1 N–H and O–H groups in total. The highest BCUT2D eigenvalue weighted by atomic mass is 16.5. The molecule has 0 fully saturated rings. The van der Waals surface area contributed by atoms with Crippen LogP contribution in [-0.4, -0.2) is 61.4 Å². The van der Waals surface area contributed by atoms with E-state index in [2.05, 4.69) is 13.2 Å². The summed E-state index contributed by atoms with van der Waals surface area (Å²) in [7, 11) is 0. The molecule has 12 heteroatoms. The van der Waals surface area contributed by atoms with Crippen LogP contribution in [0.25, 0.3) is 0 Å². The number of unbranched alkanes of at least 4 members (excludes halogenated alkanes) is 10. The van der Waals surface area contributed by atoms with Gasteiger partial charge in [0.25, 0.3) is 0 Å². The minimum absolute atomic E-state index is 0.0339. The monoisotopic (exact) mass is 758 g/mol. The second-order valence-electron chi connectivity index (χ2n) is 12.5. The highest BCUT2D eigenvalue weighted by Gasteiger charge is 2.19. The van der Waals surface area contributed by atoms with E-state index in [1.54, 1.807) is 36.4 Å². The predicted octanol–water partition coefficient (Wildman–Crippen LogP) is 8.72. The Hall–Kier alpha value is -5.91. The molecule has 0 unspecified atom stereocenters. The summed E-state index contributed by atoms with van der Waals surface area (Å²) in [5.74, 6) is -2.68. The average Bonchev–Trinajstić information content (AvgIpc) is 3.19. The molecule has 0 aliphatic carbocycles. The van der Waals surface area contributed by atoms with Crippen LogP contribution < -0.4 is 18.9 Å². The van der Waals surface area contributed by atoms with Crippen LogP contribution >= 0.6 is 0 Å². The molecule has 3 rings (SSSR count). The smallest absolute Gasteiger partial charge is 0.343 e. The quantitative estimate of drug-likeness (QED) is 0.0341. The van der Waals surface area contributed by atoms with Crippen LogP contribution in [0.3, 0.4) is 0 Å². The zero-order valence-corrected chi connectivity index (χ0v) is 31.2. The summed E-state index contributed by atoms with van der Waals surface area (Å²) in [6.07, 6.45) is 13.8. The highest BCUT2D eigenvalue weighted by molar-refractivity contribution is 5.96. The van der Waals surface area contributed by atoms with Crippen molar-refractivity contribution in [1.29, 1.82) is 0 Å². The molecule has 12 nitrogen and oxygen atoms in total. The largest absolute Gasteiger partial charge is 0.494 e. The molecule has 0 aliphatic heterocycles. The van der Waals surface area contributed by atoms with Gasteiger partial charge in [-0.15, -0.1) is 0 Å². The molecule has 294 valence electrons. The van der Waals surface area contributed by atoms with Crippen LogP contribution in [0.2, 0.25) is 0 Å². The van der Waals surface area contributed by atoms with Crippen molar-refractivity contribution in [1.82, 2.24) is 0 Å². The van der Waals surface area contributed by atoms with Crippen molar-refractivity contribution >= 4 is 29.8 Å². The fraction of sp³-hybridized carbons (Fsp3) is 0.372. The molecule has 3 aromatic carbocycles. The van der Waals surface area contributed by atoms with Gasteiger partial charge >= 0.3 is 29.8 Å². The van der Waals surface area contributed by atoms with Crippen molar-refractivity contribution in [2.24, 2.45) is 0 Å². The topological polar surface area (TPSA) is 161 Å². The van der Waals surface area contributed by atoms with Gasteiger partial charge in [-0.3, -0.25) is 0 Å². The molecular formula is C43H50O12. The van der Waals surface area contributed by atoms with Crippen LogP contribution in [-0.2, 0) is 19.1 Å². The number of carbonyl (C=O) groups excluding carboxylic acids is 4. The van der Waals surface area contributed by atoms with Crippen molar-refractivity contribution in [3.05, 3.63) is 109 Å². The molecule has 0 aromatic heterocycles. The molecule has 0 bridgehead atoms. The lowest BCUT2D eigenvalue weighted by Crippen LogP contribution is -2.13. The van der Waals surface area contributed by atoms with Gasteiger partial charge < -0.3 is 33.5 Å². The standard InChI is InChI=1S/C43H50O12/c1-3-39(44)52-29-15-11-7-5-9-13-27-50-34-21-17-32(18-22-34)42(48)54-36-25-26-38(37(31-36)41(46)47)55-43(49)33-19-23-35(24-20-33)51-28-14-10-6-8-12-16-30-53-40(45)4-2/h3-4,17-26,31H,1-2,5-16,27-30H2,(H,46,47). The number of carboxylic acids is 1. The van der Waals surface area contributed by atoms with Gasteiger partial charge in [0.2, 0.25) is 0 Å². The lowest BCUT2D eigenvalue weighted by atomic mass is 10.1. The SMILES string of the molecule is C=CC(=O)OCCCCCCCCOc1ccc(C(=O)Oc2ccc(OC(=O)c3ccc(OCCCCCCCCOC(=O)C=C)cc3)c(C(=O)O)c2)cc1. The number of rotatable bonds is 27. The zero-order chi connectivity index (χ0) is 39.7. The van der Waals surface area contributed by atoms with Gasteiger partial charge in [-0.25, -0.2) is 24.0 Å². The normalized spacial score (nSPS) is 10.5. The molecular weight excluding hydrogens is 708 g/mol. The van der Waals surface area contributed by atoms with Crippen LogP contribution in [0.1, 0.15) is 108 Å². The second-order valence-corrected chi connectivity index (χ2v) is 12.5. The van der Waals surface area contributed by atoms with Gasteiger partial charge in [-0.05, 0) is 92.4 Å². The second kappa shape index (κ2) is 25.2. The Kier molecular flexibility index (Phi) is 19.9. The lowest BCUT2D eigenvalue weighted by Gasteiger charge is -2.11. The maximum atomic E-state index is 12.8. The minimum Gasteiger partial charge on any atom is -0.494 e. The molecule has 0 saturated carbocycles. The number of carbonyl (C=O) groups is 5. The van der Waals surface area contributed by atoms with Crippen LogP contribution in [0.5, 0.6) is 23.0 Å². The molecule has 0 amide bonds. The maximum absolute atomic E-state index is 12.8. The van der Waals surface area contributed by atoms with E-state index in [4.69, 9.17) is 28.4 Å². The lowest BCUT2D eigenvalue weighted by molar-refractivity contribution is -0.138. The average molecular weight is 759 g/mol. The third-order valence-electron chi connectivity index (χ3n) is 8.21. The number of hydrogen-bond donors (Lipinski definition) is 1. The van der Waals surface area contributed by atoms with Crippen LogP contribution in [0, 0.1) is 0 Å². The Bertz CT molecular complexity index is 1700. The molecule has 55 heavy (non-hydrogen) atoms. The van der Waals surface area contributed by atoms with Crippen molar-refractivity contribution in [2.75, 3.05) is 26.4 Å². The maximum Gasteiger partial charge on any atom is 0.343 e. The van der Waals surface area contributed by atoms with E-state index >= 15 is 0 Å². The minimum atomic E-state index is -1.37. The van der Waals surface area contributed by atoms with E-state index in [0.717, 1.165) is 95.3 Å². The number of esters is 4. The van der Waals surface area contributed by atoms with Crippen molar-refractivity contribution < 1.29 is 57.5 Å². The van der Waals surface area contributed by atoms with Gasteiger partial charge in [-0.2, -0.15) is 0 Å². The molecule has 0 atom stereocenters. The molecule has 0 aliphatic rings. The Balaban J connectivity index is 1.37. The molecule has 0 heterocycles. The summed E-state index contributed by atoms with van der Waals surface area (Å²) in [5.41, 5.74) is 0.0821. The fourth-order valence-corrected chi connectivity index (χ4v) is 5.19. The van der Waals surface area contributed by atoms with Gasteiger partial charge in [0.05, 0.1) is 37.6 Å². The van der Waals surface area contributed by atoms with E-state index in [0.29, 0.717) is 37.9 Å². The van der Waals surface area contributed by atoms with Gasteiger partial charge in [0.1, 0.15) is 28.6 Å². The Morgan fingerprint density at radius 2 is 0.873 bits per heavy atom. The summed E-state index contributed by atoms with van der Waals surface area (Å²) < 4.78 is 32.2. The van der Waals surface area contributed by atoms with E-state index in [-0.39, 0.29) is 28.2 Å². The molecule has 0 spiro atoms. The van der Waals surface area contributed by atoms with Crippen LogP contribution in [0.15, 0.2) is 92.0 Å². The van der Waals surface area contributed by atoms with Crippen LogP contribution in [0.4, 0.5) is 0 Å². The summed E-state index contributed by atoms with van der Waals surface area (Å²) >= 11 is 0. The summed E-state index contributed by atoms with van der Waals surface area (Å²) in [6, 6.07) is 16.5. The van der Waals surface area contributed by atoms with Gasteiger partial charge in [0.15, 0.2) is 0 Å². The molecule has 0 radical (unpaired) electrons. The highest BCUT2D eigenvalue weighted by Crippen LogP contribution is 2.27. The van der Waals surface area contributed by atoms with E-state index in [1.807, 2.05) is 0 Å². The number of hydrogen-bond acceptors (Lipinski definition) is 11. The van der Waals surface area contributed by atoms with E-state index < -0.39 is 29.8 Å². The first-order chi connectivity index (χ1) is 26.7. The third kappa shape index (κ3) is 17.2. The summed E-state index contributed by atoms with van der Waals surface area (Å²) in [4.78, 5) is 59.7. The number of carboxylic acid groups (broad SMARTS) is 1. The van der Waals surface area contributed by atoms with E-state index in [1.165, 1.54) is 24.3 Å². The van der Waals surface area contributed by atoms with Crippen molar-refractivity contribution in [3.8, 4) is 23.0 Å². The van der Waals surface area contributed by atoms with Crippen molar-refractivity contribution in [2.45, 2.75) is 77.0 Å². The number of ether oxygens (including phenoxy) is 6. The molecule has 0 saturated heterocycles. The molecule has 3 aromatic rings. The summed E-state index contributed by atoms with van der Waals surface area (Å²) in [6.45, 7) is 8.58. The Morgan fingerprint density at radius 1 is 0.491 bits per heavy atom. The first kappa shape index (κ1) is 43.5. The fourth-order valence-electron chi connectivity index (χ4n) is 5.19.